The van der Waals surface area contributed by atoms with Gasteiger partial charge in [-0.1, -0.05) is 62.6 Å². The molecule has 0 saturated carbocycles. The van der Waals surface area contributed by atoms with Crippen molar-refractivity contribution in [1.82, 2.24) is 0 Å². The number of allylic oxidation sites excluding steroid dienone is 10. The lowest BCUT2D eigenvalue weighted by Gasteiger charge is -2.34. The highest BCUT2D eigenvalue weighted by molar-refractivity contribution is 5.53. The molecule has 0 fully saturated rings. The first-order chi connectivity index (χ1) is 7.19. The molecule has 0 heterocycles. The lowest BCUT2D eigenvalue weighted by Crippen LogP contribution is -2.21. The van der Waals surface area contributed by atoms with E-state index in [-0.39, 0.29) is 5.41 Å². The lowest BCUT2D eigenvalue weighted by molar-refractivity contribution is 0.513. The smallest absolute Gasteiger partial charge is 0.0147 e. The quantitative estimate of drug-likeness (QED) is 0.623. The molecule has 0 spiro atoms. The largest absolute Gasteiger partial charge is 0.0988 e. The van der Waals surface area contributed by atoms with E-state index >= 15 is 0 Å². The highest BCUT2D eigenvalue weighted by Gasteiger charge is 2.30. The fourth-order valence-corrected chi connectivity index (χ4v) is 2.23. The van der Waals surface area contributed by atoms with Crippen LogP contribution in [0.4, 0.5) is 0 Å². The molecule has 2 rings (SSSR count). The van der Waals surface area contributed by atoms with Gasteiger partial charge < -0.3 is 0 Å². The van der Waals surface area contributed by atoms with E-state index < -0.39 is 0 Å². The topological polar surface area (TPSA) is 0 Å². The van der Waals surface area contributed by atoms with E-state index in [1.807, 2.05) is 12.2 Å². The molecule has 0 amide bonds. The van der Waals surface area contributed by atoms with Crippen LogP contribution in [-0.4, -0.2) is 0 Å². The molecular weight excluding hydrogens is 180 g/mol. The van der Waals surface area contributed by atoms with Gasteiger partial charge in [0.2, 0.25) is 0 Å². The van der Waals surface area contributed by atoms with Crippen LogP contribution in [0, 0.1) is 5.41 Å². The Morgan fingerprint density at radius 3 is 2.73 bits per heavy atom. The van der Waals surface area contributed by atoms with E-state index in [4.69, 9.17) is 0 Å². The summed E-state index contributed by atoms with van der Waals surface area (Å²) in [5.74, 6) is 0. The van der Waals surface area contributed by atoms with Gasteiger partial charge in [0.25, 0.3) is 0 Å². The van der Waals surface area contributed by atoms with Gasteiger partial charge in [0.15, 0.2) is 0 Å². The van der Waals surface area contributed by atoms with Crippen LogP contribution in [0.15, 0.2) is 72.4 Å². The van der Waals surface area contributed by atoms with Crippen LogP contribution in [0.25, 0.3) is 0 Å². The van der Waals surface area contributed by atoms with Gasteiger partial charge in [-0.05, 0) is 23.1 Å². The zero-order valence-corrected chi connectivity index (χ0v) is 9.16. The van der Waals surface area contributed by atoms with Crippen LogP contribution in [0.5, 0.6) is 0 Å². The zero-order valence-electron chi connectivity index (χ0n) is 9.16. The fourth-order valence-electron chi connectivity index (χ4n) is 2.23. The molecule has 0 aromatic heterocycles. The summed E-state index contributed by atoms with van der Waals surface area (Å²) < 4.78 is 0. The molecule has 2 aliphatic carbocycles. The van der Waals surface area contributed by atoms with Crippen molar-refractivity contribution in [2.75, 3.05) is 0 Å². The average Bonchev–Trinajstić information content (AvgIpc) is 2.26. The molecule has 0 nitrogen and oxygen atoms in total. The minimum Gasteiger partial charge on any atom is -0.0988 e. The number of hydrogen-bond acceptors (Lipinski definition) is 0. The Morgan fingerprint density at radius 2 is 2.07 bits per heavy atom. The van der Waals surface area contributed by atoms with Crippen molar-refractivity contribution in [1.29, 1.82) is 0 Å². The average molecular weight is 196 g/mol. The van der Waals surface area contributed by atoms with Crippen LogP contribution < -0.4 is 0 Å². The Labute approximate surface area is 91.7 Å². The van der Waals surface area contributed by atoms with Gasteiger partial charge in [0.1, 0.15) is 0 Å². The van der Waals surface area contributed by atoms with Crippen molar-refractivity contribution < 1.29 is 0 Å². The molecule has 0 heteroatoms. The molecule has 15 heavy (non-hydrogen) atoms. The monoisotopic (exact) mass is 196 g/mol. The maximum atomic E-state index is 3.87. The molecule has 0 saturated heterocycles. The summed E-state index contributed by atoms with van der Waals surface area (Å²) in [5, 5.41) is 0. The Hall–Kier alpha value is -1.56. The lowest BCUT2D eigenvalue weighted by atomic mass is 9.70. The molecule has 0 aromatic rings. The molecule has 76 valence electrons. The molecule has 0 N–H and O–H groups in total. The first kappa shape index (κ1) is 9.97. The van der Waals surface area contributed by atoms with E-state index in [0.717, 1.165) is 6.42 Å². The van der Waals surface area contributed by atoms with Crippen molar-refractivity contribution in [3.63, 3.8) is 0 Å². The van der Waals surface area contributed by atoms with E-state index in [9.17, 15) is 0 Å². The summed E-state index contributed by atoms with van der Waals surface area (Å²) in [7, 11) is 0. The summed E-state index contributed by atoms with van der Waals surface area (Å²) >= 11 is 0. The second kappa shape index (κ2) is 3.54. The van der Waals surface area contributed by atoms with E-state index in [1.54, 1.807) is 0 Å². The molecular formula is C15H16. The van der Waals surface area contributed by atoms with Gasteiger partial charge in [0, 0.05) is 5.41 Å². The molecule has 0 aromatic carbocycles. The van der Waals surface area contributed by atoms with Gasteiger partial charge in [-0.3, -0.25) is 0 Å². The zero-order chi connectivity index (χ0) is 10.9. The van der Waals surface area contributed by atoms with Gasteiger partial charge in [-0.15, -0.1) is 0 Å². The summed E-state index contributed by atoms with van der Waals surface area (Å²) in [6.07, 6.45) is 15.8. The molecule has 0 bridgehead atoms. The van der Waals surface area contributed by atoms with E-state index in [1.165, 1.54) is 16.7 Å². The maximum Gasteiger partial charge on any atom is 0.0147 e. The second-order valence-corrected chi connectivity index (χ2v) is 4.30. The minimum absolute atomic E-state index is 0.144. The van der Waals surface area contributed by atoms with Gasteiger partial charge in [-0.25, -0.2) is 0 Å². The third kappa shape index (κ3) is 1.56. The van der Waals surface area contributed by atoms with Crippen LogP contribution in [0.1, 0.15) is 13.3 Å². The first-order valence-electron chi connectivity index (χ1n) is 5.26. The summed E-state index contributed by atoms with van der Waals surface area (Å²) in [4.78, 5) is 0. The second-order valence-electron chi connectivity index (χ2n) is 4.30. The van der Waals surface area contributed by atoms with Crippen LogP contribution >= 0.6 is 0 Å². The molecule has 2 aliphatic rings. The number of hydrogen-bond donors (Lipinski definition) is 0. The first-order valence-corrected chi connectivity index (χ1v) is 5.26. The van der Waals surface area contributed by atoms with Gasteiger partial charge >= 0.3 is 0 Å². The number of fused-ring (bicyclic) bond motifs is 1. The molecule has 0 aliphatic heterocycles. The Kier molecular flexibility index (Phi) is 2.36. The van der Waals surface area contributed by atoms with Crippen molar-refractivity contribution in [2.24, 2.45) is 5.41 Å². The maximum absolute atomic E-state index is 3.87. The highest BCUT2D eigenvalue weighted by Crippen LogP contribution is 2.43. The predicted molar refractivity (Wildman–Crippen MR) is 66.5 cm³/mol. The number of rotatable bonds is 2. The third-order valence-corrected chi connectivity index (χ3v) is 3.22. The summed E-state index contributed by atoms with van der Waals surface area (Å²) in [5.41, 5.74) is 4.00. The van der Waals surface area contributed by atoms with Crippen molar-refractivity contribution >= 4 is 0 Å². The third-order valence-electron chi connectivity index (χ3n) is 3.22. The van der Waals surface area contributed by atoms with E-state index in [2.05, 4.69) is 50.5 Å². The molecule has 0 radical (unpaired) electrons. The standard InChI is InChI=1S/C15H16/c1-4-12-10-14-8-6-7-9-15(14,3)11-13(12)5-2/h4-10H,1-2,11H2,3H3. The van der Waals surface area contributed by atoms with Crippen LogP contribution in [0.3, 0.4) is 0 Å². The van der Waals surface area contributed by atoms with Crippen molar-refractivity contribution in [2.45, 2.75) is 13.3 Å². The normalized spacial score (nSPS) is 28.5. The van der Waals surface area contributed by atoms with Crippen molar-refractivity contribution in [3.8, 4) is 0 Å². The minimum atomic E-state index is 0.144. The summed E-state index contributed by atoms with van der Waals surface area (Å²) in [6.45, 7) is 9.99. The van der Waals surface area contributed by atoms with Gasteiger partial charge in [0.05, 0.1) is 0 Å². The Bertz CT molecular complexity index is 427. The van der Waals surface area contributed by atoms with Crippen LogP contribution in [-0.2, 0) is 0 Å². The molecule has 1 unspecified atom stereocenters. The van der Waals surface area contributed by atoms with Gasteiger partial charge in [-0.2, -0.15) is 0 Å². The van der Waals surface area contributed by atoms with Crippen LogP contribution in [0.2, 0.25) is 0 Å². The fraction of sp³-hybridized carbons (Fsp3) is 0.200. The Morgan fingerprint density at radius 1 is 1.27 bits per heavy atom. The SMILES string of the molecule is C=CC1=C(C=C)CC2(C)C=CC=CC2=C1. The predicted octanol–water partition coefficient (Wildman–Crippen LogP) is 4.12. The van der Waals surface area contributed by atoms with E-state index in [0.29, 0.717) is 0 Å². The summed E-state index contributed by atoms with van der Waals surface area (Å²) in [6, 6.07) is 0. The molecule has 1 atom stereocenters. The highest BCUT2D eigenvalue weighted by atomic mass is 14.3. The Balaban J connectivity index is 2.52. The van der Waals surface area contributed by atoms with Crippen molar-refractivity contribution in [3.05, 3.63) is 72.4 Å².